The molecule has 1 aliphatic heterocycles. The van der Waals surface area contributed by atoms with Gasteiger partial charge in [0.25, 0.3) is 0 Å². The van der Waals surface area contributed by atoms with Gasteiger partial charge in [0.2, 0.25) is 0 Å². The highest BCUT2D eigenvalue weighted by Gasteiger charge is 2.19. The Bertz CT molecular complexity index is 1020. The Morgan fingerprint density at radius 3 is 2.85 bits per heavy atom. The van der Waals surface area contributed by atoms with Crippen molar-refractivity contribution in [1.29, 1.82) is 0 Å². The van der Waals surface area contributed by atoms with E-state index in [1.807, 2.05) is 42.7 Å². The molecule has 1 aliphatic rings. The van der Waals surface area contributed by atoms with E-state index < -0.39 is 0 Å². The molecule has 0 N–H and O–H groups in total. The zero-order valence-corrected chi connectivity index (χ0v) is 14.3. The molecule has 26 heavy (non-hydrogen) atoms. The Labute approximate surface area is 151 Å². The quantitative estimate of drug-likeness (QED) is 0.573. The molecule has 128 valence electrons. The minimum absolute atomic E-state index is 0.778. The lowest BCUT2D eigenvalue weighted by Crippen LogP contribution is -2.31. The topological polar surface area (TPSA) is 59.2 Å². The summed E-state index contributed by atoms with van der Waals surface area (Å²) < 4.78 is 2.07. The van der Waals surface area contributed by atoms with Gasteiger partial charge in [-0.05, 0) is 24.3 Å². The van der Waals surface area contributed by atoms with Gasteiger partial charge in [-0.2, -0.15) is 0 Å². The van der Waals surface area contributed by atoms with Crippen LogP contribution in [0.25, 0.3) is 17.0 Å². The van der Waals surface area contributed by atoms with E-state index in [2.05, 4.69) is 25.5 Å². The van der Waals surface area contributed by atoms with Crippen molar-refractivity contribution in [3.8, 4) is 11.4 Å². The zero-order valence-electron chi connectivity index (χ0n) is 14.3. The van der Waals surface area contributed by atoms with Crippen LogP contribution < -0.4 is 0 Å². The van der Waals surface area contributed by atoms with E-state index in [1.54, 1.807) is 12.4 Å². The lowest BCUT2D eigenvalue weighted by atomic mass is 10.1. The first-order valence-electron chi connectivity index (χ1n) is 8.75. The number of fused-ring (bicyclic) bond motifs is 2. The van der Waals surface area contributed by atoms with Gasteiger partial charge in [0.05, 0.1) is 11.4 Å². The highest BCUT2D eigenvalue weighted by atomic mass is 15.2. The Morgan fingerprint density at radius 2 is 1.96 bits per heavy atom. The van der Waals surface area contributed by atoms with E-state index in [1.165, 1.54) is 5.56 Å². The maximum Gasteiger partial charge on any atom is 0.159 e. The molecule has 0 saturated carbocycles. The first-order chi connectivity index (χ1) is 12.8. The number of hydrogen-bond donors (Lipinski definition) is 0. The molecule has 5 rings (SSSR count). The Kier molecular flexibility index (Phi) is 3.68. The predicted molar refractivity (Wildman–Crippen MR) is 98.3 cm³/mol. The first kappa shape index (κ1) is 15.2. The van der Waals surface area contributed by atoms with Crippen LogP contribution in [0, 0.1) is 0 Å². The highest BCUT2D eigenvalue weighted by molar-refractivity contribution is 5.54. The number of pyridine rings is 2. The fourth-order valence-electron chi connectivity index (χ4n) is 3.44. The largest absolute Gasteiger partial charge is 0.307 e. The molecule has 0 aromatic carbocycles. The lowest BCUT2D eigenvalue weighted by molar-refractivity contribution is 0.240. The van der Waals surface area contributed by atoms with Gasteiger partial charge in [-0.15, -0.1) is 0 Å². The van der Waals surface area contributed by atoms with E-state index >= 15 is 0 Å². The van der Waals surface area contributed by atoms with Gasteiger partial charge in [0, 0.05) is 68.2 Å². The van der Waals surface area contributed by atoms with Crippen LogP contribution in [0.1, 0.15) is 17.0 Å². The van der Waals surface area contributed by atoms with E-state index in [4.69, 9.17) is 9.97 Å². The van der Waals surface area contributed by atoms with Crippen molar-refractivity contribution in [3.05, 3.63) is 78.3 Å². The fourth-order valence-corrected chi connectivity index (χ4v) is 3.44. The maximum atomic E-state index is 4.77. The summed E-state index contributed by atoms with van der Waals surface area (Å²) in [6, 6.07) is 9.96. The van der Waals surface area contributed by atoms with Crippen LogP contribution in [0.5, 0.6) is 0 Å². The summed E-state index contributed by atoms with van der Waals surface area (Å²) in [4.78, 5) is 20.5. The van der Waals surface area contributed by atoms with Crippen molar-refractivity contribution in [3.63, 3.8) is 0 Å². The van der Waals surface area contributed by atoms with Gasteiger partial charge in [-0.25, -0.2) is 15.0 Å². The molecule has 0 amide bonds. The standard InChI is InChI=1S/C20H18N6/c1-2-9-26-14-17(23-19(26)3-1)13-25-10-6-18-16(12-25)11-22-20(24-18)15-4-7-21-8-5-15/h1-5,7-9,11,14H,6,10,12-13H2. The summed E-state index contributed by atoms with van der Waals surface area (Å²) in [5, 5.41) is 0. The number of hydrogen-bond acceptors (Lipinski definition) is 5. The average molecular weight is 342 g/mol. The molecule has 0 fully saturated rings. The molecule has 0 atom stereocenters. The molecule has 0 aliphatic carbocycles. The van der Waals surface area contributed by atoms with Crippen molar-refractivity contribution >= 4 is 5.65 Å². The summed E-state index contributed by atoms with van der Waals surface area (Å²) in [5.41, 5.74) is 5.45. The predicted octanol–water partition coefficient (Wildman–Crippen LogP) is 2.74. The summed E-state index contributed by atoms with van der Waals surface area (Å²) in [7, 11) is 0. The Morgan fingerprint density at radius 1 is 1.04 bits per heavy atom. The SMILES string of the molecule is c1ccn2cc(CN3CCc4nc(-c5ccncc5)ncc4C3)nc2c1. The van der Waals surface area contributed by atoms with Crippen LogP contribution in [0.3, 0.4) is 0 Å². The van der Waals surface area contributed by atoms with Crippen LogP contribution >= 0.6 is 0 Å². The second-order valence-electron chi connectivity index (χ2n) is 6.56. The lowest BCUT2D eigenvalue weighted by Gasteiger charge is -2.27. The van der Waals surface area contributed by atoms with Gasteiger partial charge < -0.3 is 4.40 Å². The third-order valence-corrected chi connectivity index (χ3v) is 4.75. The molecule has 0 radical (unpaired) electrons. The van der Waals surface area contributed by atoms with Gasteiger partial charge in [-0.1, -0.05) is 6.07 Å². The molecule has 0 unspecified atom stereocenters. The van der Waals surface area contributed by atoms with Crippen molar-refractivity contribution in [2.75, 3.05) is 6.54 Å². The summed E-state index contributed by atoms with van der Waals surface area (Å²) in [6.45, 7) is 2.68. The third kappa shape index (κ3) is 2.84. The monoisotopic (exact) mass is 342 g/mol. The van der Waals surface area contributed by atoms with E-state index in [0.29, 0.717) is 0 Å². The van der Waals surface area contributed by atoms with Crippen LogP contribution in [-0.2, 0) is 19.5 Å². The molecule has 5 heterocycles. The van der Waals surface area contributed by atoms with E-state index in [-0.39, 0.29) is 0 Å². The molecule has 4 aromatic rings. The molecular weight excluding hydrogens is 324 g/mol. The first-order valence-corrected chi connectivity index (χ1v) is 8.75. The van der Waals surface area contributed by atoms with Crippen molar-refractivity contribution < 1.29 is 0 Å². The second-order valence-corrected chi connectivity index (χ2v) is 6.56. The molecule has 6 heteroatoms. The smallest absolute Gasteiger partial charge is 0.159 e. The van der Waals surface area contributed by atoms with Gasteiger partial charge in [0.1, 0.15) is 5.65 Å². The van der Waals surface area contributed by atoms with Gasteiger partial charge in [0.15, 0.2) is 5.82 Å². The van der Waals surface area contributed by atoms with Gasteiger partial charge >= 0.3 is 0 Å². The normalized spacial score (nSPS) is 14.5. The molecule has 0 bridgehead atoms. The highest BCUT2D eigenvalue weighted by Crippen LogP contribution is 2.21. The number of aromatic nitrogens is 5. The maximum absolute atomic E-state index is 4.77. The molecular formula is C20H18N6. The minimum Gasteiger partial charge on any atom is -0.307 e. The van der Waals surface area contributed by atoms with Crippen LogP contribution in [0.4, 0.5) is 0 Å². The van der Waals surface area contributed by atoms with Crippen LogP contribution in [0.2, 0.25) is 0 Å². The summed E-state index contributed by atoms with van der Waals surface area (Å²) in [6.07, 6.45) is 10.6. The zero-order chi connectivity index (χ0) is 17.3. The molecule has 6 nitrogen and oxygen atoms in total. The van der Waals surface area contributed by atoms with Crippen molar-refractivity contribution in [2.24, 2.45) is 0 Å². The Balaban J connectivity index is 1.35. The Hall–Kier alpha value is -3.12. The van der Waals surface area contributed by atoms with E-state index in [0.717, 1.165) is 54.5 Å². The van der Waals surface area contributed by atoms with Crippen LogP contribution in [-0.4, -0.2) is 35.8 Å². The molecule has 0 saturated heterocycles. The number of imidazole rings is 1. The van der Waals surface area contributed by atoms with Crippen molar-refractivity contribution in [1.82, 2.24) is 29.2 Å². The third-order valence-electron chi connectivity index (χ3n) is 4.75. The molecule has 4 aromatic heterocycles. The van der Waals surface area contributed by atoms with Crippen LogP contribution in [0.15, 0.2) is 61.3 Å². The average Bonchev–Trinajstić information content (AvgIpc) is 3.10. The number of rotatable bonds is 3. The fraction of sp³-hybridized carbons (Fsp3) is 0.200. The minimum atomic E-state index is 0.778. The molecule has 0 spiro atoms. The summed E-state index contributed by atoms with van der Waals surface area (Å²) >= 11 is 0. The second kappa shape index (κ2) is 6.31. The van der Waals surface area contributed by atoms with Gasteiger partial charge in [-0.3, -0.25) is 9.88 Å². The summed E-state index contributed by atoms with van der Waals surface area (Å²) in [5.74, 6) is 0.778. The van der Waals surface area contributed by atoms with E-state index in [9.17, 15) is 0 Å². The van der Waals surface area contributed by atoms with Crippen molar-refractivity contribution in [2.45, 2.75) is 19.5 Å². The number of nitrogens with zero attached hydrogens (tertiary/aromatic N) is 6.